The van der Waals surface area contributed by atoms with Crippen LogP contribution in [0.1, 0.15) is 85.7 Å². The third kappa shape index (κ3) is 8.30. The second-order valence-corrected chi connectivity index (χ2v) is 14.9. The Balaban J connectivity index is 0.933. The summed E-state index contributed by atoms with van der Waals surface area (Å²) in [5, 5.41) is 12.5. The summed E-state index contributed by atoms with van der Waals surface area (Å²) >= 11 is 0. The van der Waals surface area contributed by atoms with E-state index in [-0.39, 0.29) is 29.7 Å². The maximum absolute atomic E-state index is 15.1. The molecule has 0 spiro atoms. The number of piperidine rings is 1. The van der Waals surface area contributed by atoms with Gasteiger partial charge in [-0.1, -0.05) is 44.1 Å². The number of aromatic nitrogens is 5. The summed E-state index contributed by atoms with van der Waals surface area (Å²) in [5.41, 5.74) is 5.27. The van der Waals surface area contributed by atoms with Crippen molar-refractivity contribution >= 4 is 40.7 Å². The Bertz CT molecular complexity index is 2230. The first kappa shape index (κ1) is 37.1. The topological polar surface area (TPSA) is 171 Å². The smallest absolute Gasteiger partial charge is 0.315 e. The van der Waals surface area contributed by atoms with E-state index in [2.05, 4.69) is 50.8 Å². The van der Waals surface area contributed by atoms with E-state index in [1.165, 1.54) is 12.4 Å². The number of nitrogens with zero attached hydrogens (tertiary/aromatic N) is 7. The summed E-state index contributed by atoms with van der Waals surface area (Å²) in [6.45, 7) is 12.6. The van der Waals surface area contributed by atoms with Gasteiger partial charge in [0.05, 0.1) is 29.5 Å². The average molecular weight is 747 g/mol. The van der Waals surface area contributed by atoms with E-state index >= 15 is 4.39 Å². The molecule has 5 aromatic rings. The highest BCUT2D eigenvalue weighted by atomic mass is 19.1. The molecule has 14 nitrogen and oxygen atoms in total. The van der Waals surface area contributed by atoms with Crippen LogP contribution in [0.2, 0.25) is 0 Å². The van der Waals surface area contributed by atoms with Gasteiger partial charge in [-0.2, -0.15) is 4.98 Å². The van der Waals surface area contributed by atoms with Crippen molar-refractivity contribution in [2.24, 2.45) is 0 Å². The molecule has 55 heavy (non-hydrogen) atoms. The van der Waals surface area contributed by atoms with Crippen LogP contribution in [-0.2, 0) is 15.0 Å². The van der Waals surface area contributed by atoms with Gasteiger partial charge >= 0.3 is 11.8 Å². The second-order valence-electron chi connectivity index (χ2n) is 14.9. The van der Waals surface area contributed by atoms with Gasteiger partial charge in [-0.25, -0.2) is 19.3 Å². The highest BCUT2D eigenvalue weighted by Crippen LogP contribution is 2.31. The zero-order chi connectivity index (χ0) is 38.9. The minimum Gasteiger partial charge on any atom is -0.368 e. The molecule has 0 aliphatic carbocycles. The maximum Gasteiger partial charge on any atom is 0.315 e. The average Bonchev–Trinajstić information content (AvgIpc) is 3.68. The summed E-state index contributed by atoms with van der Waals surface area (Å²) < 4.78 is 20.3. The van der Waals surface area contributed by atoms with E-state index in [4.69, 9.17) is 4.52 Å². The Morgan fingerprint density at radius 2 is 1.69 bits per heavy atom. The first-order valence-electron chi connectivity index (χ1n) is 18.3. The van der Waals surface area contributed by atoms with Gasteiger partial charge in [-0.15, -0.1) is 0 Å². The van der Waals surface area contributed by atoms with Gasteiger partial charge in [0, 0.05) is 60.9 Å². The van der Waals surface area contributed by atoms with Crippen molar-refractivity contribution in [3.05, 3.63) is 101 Å². The SMILES string of the molecule is Cc1cc(-c2cc(Nc3ccc(N4CCN(c5ccc(C6CCC(=O)NC6=O)c(F)c5)CC4)cn3)ncn2)ccc1[C@@H](C)NC(=O)c1nc(C(C)(C)C)no1. The predicted molar refractivity (Wildman–Crippen MR) is 205 cm³/mol. The van der Waals surface area contributed by atoms with E-state index in [1.807, 2.05) is 83.3 Å². The molecule has 2 saturated heterocycles. The highest BCUT2D eigenvalue weighted by molar-refractivity contribution is 6.01. The monoisotopic (exact) mass is 746 g/mol. The predicted octanol–water partition coefficient (Wildman–Crippen LogP) is 5.75. The fraction of sp³-hybridized carbons (Fsp3) is 0.350. The third-order valence-corrected chi connectivity index (χ3v) is 9.95. The molecular formula is C40H43FN10O4. The Morgan fingerprint density at radius 1 is 0.945 bits per heavy atom. The lowest BCUT2D eigenvalue weighted by molar-refractivity contribution is -0.134. The molecule has 5 heterocycles. The molecule has 0 radical (unpaired) electrons. The number of imide groups is 1. The number of hydrogen-bond acceptors (Lipinski definition) is 12. The van der Waals surface area contributed by atoms with Crippen LogP contribution in [0.25, 0.3) is 11.3 Å². The van der Waals surface area contributed by atoms with Gasteiger partial charge in [-0.3, -0.25) is 19.7 Å². The number of aryl methyl sites for hydroxylation is 1. The molecule has 3 amide bonds. The number of anilines is 4. The van der Waals surface area contributed by atoms with E-state index in [9.17, 15) is 14.4 Å². The van der Waals surface area contributed by atoms with Crippen LogP contribution in [0.3, 0.4) is 0 Å². The number of amides is 3. The molecule has 2 fully saturated rings. The fourth-order valence-corrected chi connectivity index (χ4v) is 6.85. The van der Waals surface area contributed by atoms with Crippen molar-refractivity contribution in [1.82, 2.24) is 35.7 Å². The van der Waals surface area contributed by atoms with Crippen LogP contribution in [0.15, 0.2) is 71.6 Å². The number of carbonyl (C=O) groups is 3. The number of piperazine rings is 1. The minimum absolute atomic E-state index is 0.0672. The van der Waals surface area contributed by atoms with Gasteiger partial charge in [0.1, 0.15) is 23.8 Å². The van der Waals surface area contributed by atoms with E-state index in [0.717, 1.165) is 46.8 Å². The van der Waals surface area contributed by atoms with E-state index in [0.29, 0.717) is 42.5 Å². The van der Waals surface area contributed by atoms with Crippen molar-refractivity contribution in [2.45, 2.75) is 64.8 Å². The number of carbonyl (C=O) groups excluding carboxylic acids is 3. The molecule has 284 valence electrons. The molecule has 2 aliphatic rings. The van der Waals surface area contributed by atoms with Gasteiger partial charge in [-0.05, 0) is 61.7 Å². The first-order valence-corrected chi connectivity index (χ1v) is 18.3. The summed E-state index contributed by atoms with van der Waals surface area (Å²) in [5.74, 6) is -0.661. The van der Waals surface area contributed by atoms with Crippen LogP contribution in [0.5, 0.6) is 0 Å². The molecule has 15 heteroatoms. The van der Waals surface area contributed by atoms with Gasteiger partial charge in [0.2, 0.25) is 11.8 Å². The lowest BCUT2D eigenvalue weighted by Gasteiger charge is -2.37. The van der Waals surface area contributed by atoms with Crippen LogP contribution >= 0.6 is 0 Å². The Morgan fingerprint density at radius 3 is 2.35 bits per heavy atom. The molecule has 0 bridgehead atoms. The molecule has 3 N–H and O–H groups in total. The highest BCUT2D eigenvalue weighted by Gasteiger charge is 2.31. The summed E-state index contributed by atoms with van der Waals surface area (Å²) in [6.07, 6.45) is 3.84. The lowest BCUT2D eigenvalue weighted by Crippen LogP contribution is -2.46. The minimum atomic E-state index is -0.655. The summed E-state index contributed by atoms with van der Waals surface area (Å²) in [4.78, 5) is 58.7. The number of nitrogens with one attached hydrogen (secondary N) is 3. The molecule has 2 aliphatic heterocycles. The van der Waals surface area contributed by atoms with Gasteiger partial charge in [0.15, 0.2) is 5.82 Å². The van der Waals surface area contributed by atoms with Crippen molar-refractivity contribution in [3.8, 4) is 11.3 Å². The van der Waals surface area contributed by atoms with Crippen LogP contribution < -0.4 is 25.8 Å². The number of benzene rings is 2. The summed E-state index contributed by atoms with van der Waals surface area (Å²) in [6, 6.07) is 16.4. The van der Waals surface area contributed by atoms with Crippen LogP contribution in [0, 0.1) is 12.7 Å². The van der Waals surface area contributed by atoms with Crippen LogP contribution in [-0.4, -0.2) is 69.0 Å². The normalized spacial score (nSPS) is 16.8. The zero-order valence-corrected chi connectivity index (χ0v) is 31.4. The standard InChI is InChI=1S/C40H43FN10O4/c1-23-18-25(6-9-28(23)24(2)45-37(54)38-48-39(49-55-38)40(3,4)5)32-20-34(44-22-43-32)46-33-12-8-27(21-42-33)51-16-14-50(15-17-51)26-7-10-29(31(41)19-26)30-11-13-35(52)47-36(30)53/h6-10,12,18-22,24,30H,11,13-17H2,1-5H3,(H,45,54)(H,47,52,53)(H,42,43,44,46)/t24-,30?/m1/s1. The second kappa shape index (κ2) is 15.2. The first-order chi connectivity index (χ1) is 26.3. The quantitative estimate of drug-likeness (QED) is 0.156. The molecule has 2 atom stereocenters. The largest absolute Gasteiger partial charge is 0.368 e. The molecule has 2 aromatic carbocycles. The van der Waals surface area contributed by atoms with Crippen molar-refractivity contribution in [2.75, 3.05) is 41.3 Å². The zero-order valence-electron chi connectivity index (χ0n) is 31.4. The fourth-order valence-electron chi connectivity index (χ4n) is 6.85. The van der Waals surface area contributed by atoms with E-state index in [1.54, 1.807) is 6.07 Å². The third-order valence-electron chi connectivity index (χ3n) is 9.95. The van der Waals surface area contributed by atoms with Gasteiger partial charge in [0.25, 0.3) is 0 Å². The number of hydrogen-bond donors (Lipinski definition) is 3. The molecule has 1 unspecified atom stereocenters. The van der Waals surface area contributed by atoms with Crippen molar-refractivity contribution in [1.29, 1.82) is 0 Å². The Kier molecular flexibility index (Phi) is 10.3. The number of halogens is 1. The Hall–Kier alpha value is -6.25. The number of rotatable bonds is 9. The summed E-state index contributed by atoms with van der Waals surface area (Å²) in [7, 11) is 0. The van der Waals surface area contributed by atoms with E-state index < -0.39 is 23.5 Å². The molecular weight excluding hydrogens is 704 g/mol. The molecule has 7 rings (SSSR count). The van der Waals surface area contributed by atoms with Crippen molar-refractivity contribution < 1.29 is 23.3 Å². The van der Waals surface area contributed by atoms with Crippen molar-refractivity contribution in [3.63, 3.8) is 0 Å². The number of pyridine rings is 1. The maximum atomic E-state index is 15.1. The molecule has 0 saturated carbocycles. The Labute approximate surface area is 318 Å². The van der Waals surface area contributed by atoms with Crippen LogP contribution in [0.4, 0.5) is 27.4 Å². The molecule has 3 aromatic heterocycles. The van der Waals surface area contributed by atoms with Gasteiger partial charge < -0.3 is 25.0 Å². The lowest BCUT2D eigenvalue weighted by atomic mass is 9.90.